The van der Waals surface area contributed by atoms with Crippen LogP contribution in [0.3, 0.4) is 0 Å². The highest BCUT2D eigenvalue weighted by atomic mass is 16.2. The second-order valence-electron chi connectivity index (χ2n) is 5.55. The van der Waals surface area contributed by atoms with Crippen LogP contribution in [0.15, 0.2) is 36.8 Å². The molecule has 2 heterocycles. The van der Waals surface area contributed by atoms with E-state index in [2.05, 4.69) is 35.1 Å². The van der Waals surface area contributed by atoms with E-state index in [4.69, 9.17) is 0 Å². The predicted molar refractivity (Wildman–Crippen MR) is 80.7 cm³/mol. The van der Waals surface area contributed by atoms with Crippen LogP contribution in [0.4, 0.5) is 0 Å². The molecular weight excluding hydrogens is 262 g/mol. The fraction of sp³-hybridized carbons (Fsp3) is 0.353. The molecule has 0 aliphatic carbocycles. The van der Waals surface area contributed by atoms with Crippen molar-refractivity contribution in [2.45, 2.75) is 32.7 Å². The molecular formula is C17H19N3O. The summed E-state index contributed by atoms with van der Waals surface area (Å²) < 4.78 is 0. The van der Waals surface area contributed by atoms with Gasteiger partial charge in [-0.2, -0.15) is 0 Å². The summed E-state index contributed by atoms with van der Waals surface area (Å²) in [5.41, 5.74) is 4.62. The molecule has 4 heteroatoms. The van der Waals surface area contributed by atoms with Crippen molar-refractivity contribution in [3.8, 4) is 0 Å². The van der Waals surface area contributed by atoms with E-state index < -0.39 is 0 Å². The molecule has 0 atom stereocenters. The van der Waals surface area contributed by atoms with Gasteiger partial charge < -0.3 is 4.90 Å². The minimum Gasteiger partial charge on any atom is -0.338 e. The molecule has 4 nitrogen and oxygen atoms in total. The van der Waals surface area contributed by atoms with Gasteiger partial charge >= 0.3 is 0 Å². The van der Waals surface area contributed by atoms with Gasteiger partial charge in [0.05, 0.1) is 5.69 Å². The van der Waals surface area contributed by atoms with Gasteiger partial charge in [-0.15, -0.1) is 0 Å². The molecule has 0 fully saturated rings. The Morgan fingerprint density at radius 3 is 3.14 bits per heavy atom. The molecule has 0 saturated heterocycles. The van der Waals surface area contributed by atoms with Gasteiger partial charge in [0.25, 0.3) is 0 Å². The Kier molecular flexibility index (Phi) is 3.95. The van der Waals surface area contributed by atoms with Crippen LogP contribution in [-0.2, 0) is 24.2 Å². The number of carbonyl (C=O) groups excluding carboxylic acids is 1. The molecule has 1 aromatic heterocycles. The van der Waals surface area contributed by atoms with Gasteiger partial charge in [-0.05, 0) is 18.9 Å². The van der Waals surface area contributed by atoms with E-state index in [1.807, 2.05) is 17.2 Å². The molecule has 1 amide bonds. The molecule has 3 rings (SSSR count). The topological polar surface area (TPSA) is 46.1 Å². The van der Waals surface area contributed by atoms with E-state index in [0.717, 1.165) is 30.6 Å². The van der Waals surface area contributed by atoms with Crippen LogP contribution >= 0.6 is 0 Å². The third-order valence-electron chi connectivity index (χ3n) is 3.92. The zero-order valence-corrected chi connectivity index (χ0v) is 12.2. The molecule has 1 aliphatic rings. The van der Waals surface area contributed by atoms with Crippen LogP contribution in [-0.4, -0.2) is 27.3 Å². The Balaban J connectivity index is 1.59. The summed E-state index contributed by atoms with van der Waals surface area (Å²) in [5, 5.41) is 0. The lowest BCUT2D eigenvalue weighted by Gasteiger charge is -2.27. The minimum absolute atomic E-state index is 0.214. The molecule has 1 aromatic carbocycles. The number of nitrogens with zero attached hydrogens (tertiary/aromatic N) is 3. The zero-order valence-electron chi connectivity index (χ0n) is 12.2. The number of aryl methyl sites for hydroxylation is 2. The van der Waals surface area contributed by atoms with Crippen molar-refractivity contribution in [2.75, 3.05) is 6.54 Å². The molecule has 0 spiro atoms. The van der Waals surface area contributed by atoms with Gasteiger partial charge in [0.2, 0.25) is 5.91 Å². The van der Waals surface area contributed by atoms with Crippen molar-refractivity contribution in [3.63, 3.8) is 0 Å². The van der Waals surface area contributed by atoms with Crippen LogP contribution in [0.2, 0.25) is 0 Å². The summed E-state index contributed by atoms with van der Waals surface area (Å²) in [5.74, 6) is 0.214. The largest absolute Gasteiger partial charge is 0.338 e. The van der Waals surface area contributed by atoms with Gasteiger partial charge in [0.15, 0.2) is 0 Å². The number of hydrogen-bond donors (Lipinski definition) is 0. The van der Waals surface area contributed by atoms with Crippen molar-refractivity contribution in [1.82, 2.24) is 14.9 Å². The standard InChI is InChI=1S/C17H19N3O/c1-13-3-2-4-14(9-13)5-6-17(21)20-8-7-16-15(11-20)10-18-12-19-16/h2-4,9-10,12H,5-8,11H2,1H3. The molecule has 0 N–H and O–H groups in total. The molecule has 2 aromatic rings. The smallest absolute Gasteiger partial charge is 0.223 e. The van der Waals surface area contributed by atoms with Crippen molar-refractivity contribution in [2.24, 2.45) is 0 Å². The Morgan fingerprint density at radius 2 is 2.29 bits per heavy atom. The second-order valence-corrected chi connectivity index (χ2v) is 5.55. The summed E-state index contributed by atoms with van der Waals surface area (Å²) in [6, 6.07) is 8.35. The summed E-state index contributed by atoms with van der Waals surface area (Å²) >= 11 is 0. The normalized spacial score (nSPS) is 13.9. The average molecular weight is 281 g/mol. The third-order valence-corrected chi connectivity index (χ3v) is 3.92. The summed E-state index contributed by atoms with van der Waals surface area (Å²) in [6.45, 7) is 3.48. The number of rotatable bonds is 3. The first-order valence-corrected chi connectivity index (χ1v) is 7.33. The number of hydrogen-bond acceptors (Lipinski definition) is 3. The van der Waals surface area contributed by atoms with E-state index in [9.17, 15) is 4.79 Å². The van der Waals surface area contributed by atoms with Gasteiger partial charge in [0.1, 0.15) is 6.33 Å². The van der Waals surface area contributed by atoms with E-state index in [-0.39, 0.29) is 5.91 Å². The number of fused-ring (bicyclic) bond motifs is 1. The molecule has 21 heavy (non-hydrogen) atoms. The Hall–Kier alpha value is -2.23. The van der Waals surface area contributed by atoms with E-state index in [1.54, 1.807) is 6.33 Å². The number of amides is 1. The van der Waals surface area contributed by atoms with Crippen LogP contribution in [0.5, 0.6) is 0 Å². The van der Waals surface area contributed by atoms with Gasteiger partial charge in [-0.1, -0.05) is 29.8 Å². The summed E-state index contributed by atoms with van der Waals surface area (Å²) in [6.07, 6.45) is 5.59. The third kappa shape index (κ3) is 3.27. The fourth-order valence-corrected chi connectivity index (χ4v) is 2.76. The highest BCUT2D eigenvalue weighted by Crippen LogP contribution is 2.17. The maximum Gasteiger partial charge on any atom is 0.223 e. The zero-order chi connectivity index (χ0) is 14.7. The predicted octanol–water partition coefficient (Wildman–Crippen LogP) is 2.30. The van der Waals surface area contributed by atoms with Gasteiger partial charge in [0, 0.05) is 37.7 Å². The lowest BCUT2D eigenvalue weighted by Crippen LogP contribution is -2.36. The first-order chi connectivity index (χ1) is 10.2. The first-order valence-electron chi connectivity index (χ1n) is 7.33. The molecule has 0 saturated carbocycles. The molecule has 0 bridgehead atoms. The average Bonchev–Trinajstić information content (AvgIpc) is 2.52. The van der Waals surface area contributed by atoms with Crippen LogP contribution in [0, 0.1) is 6.92 Å². The Morgan fingerprint density at radius 1 is 1.38 bits per heavy atom. The lowest BCUT2D eigenvalue weighted by molar-refractivity contribution is -0.132. The van der Waals surface area contributed by atoms with E-state index in [0.29, 0.717) is 13.0 Å². The Bertz CT molecular complexity index is 654. The monoisotopic (exact) mass is 281 g/mol. The Labute approximate surface area is 124 Å². The number of benzene rings is 1. The number of aromatic nitrogens is 2. The van der Waals surface area contributed by atoms with Crippen LogP contribution < -0.4 is 0 Å². The van der Waals surface area contributed by atoms with Crippen LogP contribution in [0.25, 0.3) is 0 Å². The van der Waals surface area contributed by atoms with Crippen molar-refractivity contribution in [3.05, 3.63) is 59.2 Å². The summed E-state index contributed by atoms with van der Waals surface area (Å²) in [7, 11) is 0. The highest BCUT2D eigenvalue weighted by molar-refractivity contribution is 5.76. The quantitative estimate of drug-likeness (QED) is 0.867. The molecule has 0 radical (unpaired) electrons. The van der Waals surface area contributed by atoms with E-state index >= 15 is 0 Å². The molecule has 108 valence electrons. The minimum atomic E-state index is 0.214. The molecule has 0 unspecified atom stereocenters. The lowest BCUT2D eigenvalue weighted by atomic mass is 10.0. The van der Waals surface area contributed by atoms with Crippen molar-refractivity contribution < 1.29 is 4.79 Å². The number of carbonyl (C=O) groups is 1. The van der Waals surface area contributed by atoms with Crippen molar-refractivity contribution in [1.29, 1.82) is 0 Å². The maximum absolute atomic E-state index is 12.4. The van der Waals surface area contributed by atoms with Crippen molar-refractivity contribution >= 4 is 5.91 Å². The second kappa shape index (κ2) is 6.04. The SMILES string of the molecule is Cc1cccc(CCC(=O)N2CCc3ncncc3C2)c1. The van der Waals surface area contributed by atoms with E-state index in [1.165, 1.54) is 11.1 Å². The molecule has 1 aliphatic heterocycles. The maximum atomic E-state index is 12.4. The van der Waals surface area contributed by atoms with Gasteiger partial charge in [-0.25, -0.2) is 9.97 Å². The highest BCUT2D eigenvalue weighted by Gasteiger charge is 2.21. The fourth-order valence-electron chi connectivity index (χ4n) is 2.76. The summed E-state index contributed by atoms with van der Waals surface area (Å²) in [4.78, 5) is 22.6. The van der Waals surface area contributed by atoms with Crippen LogP contribution in [0.1, 0.15) is 28.8 Å². The first kappa shape index (κ1) is 13.7. The van der Waals surface area contributed by atoms with Gasteiger partial charge in [-0.3, -0.25) is 4.79 Å².